The van der Waals surface area contributed by atoms with E-state index in [9.17, 15) is 0 Å². The SMILES string of the molecule is COCCN(CCOC)c1nc(C)nc(Oc2ccccc2C(C)(Br)CBr)n1. The number of hydrogen-bond acceptors (Lipinski definition) is 7. The fraction of sp³-hybridized carbons (Fsp3) is 0.526. The molecule has 0 bridgehead atoms. The van der Waals surface area contributed by atoms with E-state index in [-0.39, 0.29) is 10.3 Å². The molecule has 0 saturated carbocycles. The predicted octanol–water partition coefficient (Wildman–Crippen LogP) is 4.08. The molecule has 1 unspecified atom stereocenters. The Hall–Kier alpha value is -1.29. The standard InChI is InChI=1S/C19H26Br2N4O3/c1-14-22-17(25(9-11-26-3)10-12-27-4)24-18(23-14)28-16-8-6-5-7-15(16)19(2,21)13-20/h5-8H,9-13H2,1-4H3. The Morgan fingerprint density at radius 1 is 1.04 bits per heavy atom. The van der Waals surface area contributed by atoms with Crippen LogP contribution in [0.1, 0.15) is 18.3 Å². The third kappa shape index (κ3) is 6.37. The fourth-order valence-electron chi connectivity index (χ4n) is 2.50. The zero-order valence-electron chi connectivity index (χ0n) is 16.6. The summed E-state index contributed by atoms with van der Waals surface area (Å²) in [5.74, 6) is 1.81. The highest BCUT2D eigenvalue weighted by molar-refractivity contribution is 9.12. The van der Waals surface area contributed by atoms with Crippen molar-refractivity contribution in [1.82, 2.24) is 15.0 Å². The molecule has 0 fully saturated rings. The quantitative estimate of drug-likeness (QED) is 0.416. The third-order valence-electron chi connectivity index (χ3n) is 4.03. The Bertz CT molecular complexity index is 754. The summed E-state index contributed by atoms with van der Waals surface area (Å²) < 4.78 is 16.2. The lowest BCUT2D eigenvalue weighted by Crippen LogP contribution is -2.32. The van der Waals surface area contributed by atoms with Gasteiger partial charge in [0.15, 0.2) is 0 Å². The van der Waals surface area contributed by atoms with Gasteiger partial charge in [0.05, 0.1) is 17.5 Å². The van der Waals surface area contributed by atoms with Gasteiger partial charge in [-0.2, -0.15) is 15.0 Å². The van der Waals surface area contributed by atoms with Crippen LogP contribution in [0.3, 0.4) is 0 Å². The lowest BCUT2D eigenvalue weighted by molar-refractivity contribution is 0.189. The van der Waals surface area contributed by atoms with Crippen molar-refractivity contribution in [2.75, 3.05) is 50.8 Å². The van der Waals surface area contributed by atoms with Gasteiger partial charge in [0.2, 0.25) is 5.95 Å². The molecule has 2 rings (SSSR count). The number of alkyl halides is 2. The third-order valence-corrected chi connectivity index (χ3v) is 6.61. The van der Waals surface area contributed by atoms with Gasteiger partial charge in [-0.25, -0.2) is 0 Å². The van der Waals surface area contributed by atoms with Crippen LogP contribution in [-0.2, 0) is 13.8 Å². The highest BCUT2D eigenvalue weighted by Gasteiger charge is 2.26. The molecule has 0 spiro atoms. The zero-order valence-corrected chi connectivity index (χ0v) is 19.8. The van der Waals surface area contributed by atoms with Crippen molar-refractivity contribution in [2.45, 2.75) is 18.2 Å². The monoisotopic (exact) mass is 516 g/mol. The molecule has 1 aromatic heterocycles. The van der Waals surface area contributed by atoms with Crippen molar-refractivity contribution in [3.63, 3.8) is 0 Å². The molecular weight excluding hydrogens is 492 g/mol. The first-order valence-electron chi connectivity index (χ1n) is 8.89. The van der Waals surface area contributed by atoms with Gasteiger partial charge in [-0.05, 0) is 19.9 Å². The number of anilines is 1. The molecule has 0 N–H and O–H groups in total. The van der Waals surface area contributed by atoms with Gasteiger partial charge in [0.25, 0.3) is 0 Å². The Labute approximate surface area is 183 Å². The Balaban J connectivity index is 2.33. The van der Waals surface area contributed by atoms with Gasteiger partial charge in [-0.1, -0.05) is 50.1 Å². The van der Waals surface area contributed by atoms with Crippen molar-refractivity contribution < 1.29 is 14.2 Å². The van der Waals surface area contributed by atoms with E-state index in [1.54, 1.807) is 14.2 Å². The lowest BCUT2D eigenvalue weighted by Gasteiger charge is -2.24. The second-order valence-electron chi connectivity index (χ2n) is 6.37. The van der Waals surface area contributed by atoms with E-state index in [1.807, 2.05) is 36.1 Å². The van der Waals surface area contributed by atoms with Crippen LogP contribution in [0, 0.1) is 6.92 Å². The molecule has 0 aliphatic heterocycles. The van der Waals surface area contributed by atoms with E-state index in [4.69, 9.17) is 14.2 Å². The van der Waals surface area contributed by atoms with Crippen molar-refractivity contribution in [1.29, 1.82) is 0 Å². The highest BCUT2D eigenvalue weighted by Crippen LogP contribution is 2.39. The fourth-order valence-corrected chi connectivity index (χ4v) is 3.13. The largest absolute Gasteiger partial charge is 0.424 e. The number of benzene rings is 1. The Morgan fingerprint density at radius 3 is 2.29 bits per heavy atom. The maximum absolute atomic E-state index is 6.08. The molecule has 1 atom stereocenters. The van der Waals surface area contributed by atoms with E-state index in [0.29, 0.717) is 43.8 Å². The molecule has 0 saturated heterocycles. The topological polar surface area (TPSA) is 69.6 Å². The van der Waals surface area contributed by atoms with E-state index >= 15 is 0 Å². The van der Waals surface area contributed by atoms with Crippen LogP contribution in [0.15, 0.2) is 24.3 Å². The van der Waals surface area contributed by atoms with Crippen LogP contribution in [-0.4, -0.2) is 60.8 Å². The van der Waals surface area contributed by atoms with E-state index in [1.165, 1.54) is 0 Å². The average molecular weight is 518 g/mol. The van der Waals surface area contributed by atoms with Gasteiger partial charge in [-0.3, -0.25) is 0 Å². The summed E-state index contributed by atoms with van der Waals surface area (Å²) >= 11 is 7.29. The molecule has 0 amide bonds. The highest BCUT2D eigenvalue weighted by atomic mass is 79.9. The van der Waals surface area contributed by atoms with Crippen molar-refractivity contribution >= 4 is 37.8 Å². The second-order valence-corrected chi connectivity index (χ2v) is 8.68. The number of rotatable bonds is 11. The Kier molecular flexibility index (Phi) is 9.07. The number of aryl methyl sites for hydroxylation is 1. The molecule has 28 heavy (non-hydrogen) atoms. The predicted molar refractivity (Wildman–Crippen MR) is 117 cm³/mol. The maximum Gasteiger partial charge on any atom is 0.327 e. The minimum atomic E-state index is -0.280. The molecular formula is C19H26Br2N4O3. The van der Waals surface area contributed by atoms with E-state index < -0.39 is 0 Å². The molecule has 0 aliphatic carbocycles. The number of halogens is 2. The van der Waals surface area contributed by atoms with Crippen LogP contribution in [0.5, 0.6) is 11.8 Å². The molecule has 1 heterocycles. The first-order valence-corrected chi connectivity index (χ1v) is 10.8. The van der Waals surface area contributed by atoms with E-state index in [0.717, 1.165) is 10.9 Å². The van der Waals surface area contributed by atoms with Gasteiger partial charge in [0.1, 0.15) is 11.6 Å². The normalized spacial score (nSPS) is 13.2. The number of hydrogen-bond donors (Lipinski definition) is 0. The van der Waals surface area contributed by atoms with E-state index in [2.05, 4.69) is 53.7 Å². The summed E-state index contributed by atoms with van der Waals surface area (Å²) in [7, 11) is 3.33. The van der Waals surface area contributed by atoms with Crippen LogP contribution in [0.2, 0.25) is 0 Å². The molecule has 7 nitrogen and oxygen atoms in total. The summed E-state index contributed by atoms with van der Waals surface area (Å²) in [6, 6.07) is 8.08. The second kappa shape index (κ2) is 11.0. The number of ether oxygens (including phenoxy) is 3. The molecule has 0 aliphatic rings. The molecule has 1 aromatic carbocycles. The minimum absolute atomic E-state index is 0.257. The van der Waals surface area contributed by atoms with Crippen LogP contribution >= 0.6 is 31.9 Å². The summed E-state index contributed by atoms with van der Waals surface area (Å²) in [6.45, 7) is 6.29. The molecule has 154 valence electrons. The zero-order chi connectivity index (χ0) is 20.6. The molecule has 2 aromatic rings. The summed E-state index contributed by atoms with van der Waals surface area (Å²) in [5.41, 5.74) is 1.00. The molecule has 9 heteroatoms. The first-order chi connectivity index (χ1) is 13.4. The van der Waals surface area contributed by atoms with Crippen molar-refractivity contribution in [2.24, 2.45) is 0 Å². The van der Waals surface area contributed by atoms with Crippen molar-refractivity contribution in [3.05, 3.63) is 35.7 Å². The molecule has 0 radical (unpaired) electrons. The summed E-state index contributed by atoms with van der Waals surface area (Å²) in [6.07, 6.45) is 0. The number of para-hydroxylation sites is 1. The summed E-state index contributed by atoms with van der Waals surface area (Å²) in [4.78, 5) is 15.3. The van der Waals surface area contributed by atoms with Gasteiger partial charge >= 0.3 is 6.01 Å². The lowest BCUT2D eigenvalue weighted by atomic mass is 10.0. The maximum atomic E-state index is 6.08. The van der Waals surface area contributed by atoms with Gasteiger partial charge < -0.3 is 19.1 Å². The minimum Gasteiger partial charge on any atom is -0.424 e. The van der Waals surface area contributed by atoms with Gasteiger partial charge in [-0.15, -0.1) is 0 Å². The smallest absolute Gasteiger partial charge is 0.327 e. The van der Waals surface area contributed by atoms with Gasteiger partial charge in [0, 0.05) is 38.2 Å². The average Bonchev–Trinajstić information content (AvgIpc) is 2.68. The van der Waals surface area contributed by atoms with Crippen molar-refractivity contribution in [3.8, 4) is 11.8 Å². The first kappa shape index (κ1) is 23.0. The Morgan fingerprint density at radius 2 is 1.68 bits per heavy atom. The number of nitrogens with zero attached hydrogens (tertiary/aromatic N) is 4. The number of methoxy groups -OCH3 is 2. The van der Waals surface area contributed by atoms with Crippen LogP contribution in [0.25, 0.3) is 0 Å². The number of aromatic nitrogens is 3. The van der Waals surface area contributed by atoms with Crippen LogP contribution < -0.4 is 9.64 Å². The van der Waals surface area contributed by atoms with Crippen LogP contribution in [0.4, 0.5) is 5.95 Å². The summed E-state index contributed by atoms with van der Waals surface area (Å²) in [5, 5.41) is 0.726.